The van der Waals surface area contributed by atoms with Crippen LogP contribution < -0.4 is 0 Å². The molecule has 19 heteroatoms. The summed E-state index contributed by atoms with van der Waals surface area (Å²) in [5.74, 6) is -2.19. The van der Waals surface area contributed by atoms with E-state index in [0.717, 1.165) is 148 Å². The van der Waals surface area contributed by atoms with E-state index in [1.165, 1.54) is 96.3 Å². The van der Waals surface area contributed by atoms with Crippen LogP contribution in [0.2, 0.25) is 0 Å². The molecule has 0 rings (SSSR count). The third-order valence-corrected chi connectivity index (χ3v) is 17.6. The molecule has 17 nitrogen and oxygen atoms in total. The van der Waals surface area contributed by atoms with Crippen molar-refractivity contribution >= 4 is 39.5 Å². The second-order valence-electron chi connectivity index (χ2n) is 24.9. The summed E-state index contributed by atoms with van der Waals surface area (Å²) in [6.45, 7) is 4.67. The van der Waals surface area contributed by atoms with Gasteiger partial charge in [0.05, 0.1) is 26.4 Å². The average molecular weight is 1370 g/mol. The molecule has 0 aliphatic carbocycles. The van der Waals surface area contributed by atoms with Gasteiger partial charge < -0.3 is 33.8 Å². The molecule has 0 radical (unpaired) electrons. The molecule has 0 aromatic heterocycles. The number of ether oxygens (including phenoxy) is 4. The van der Waals surface area contributed by atoms with Gasteiger partial charge in [-0.15, -0.1) is 0 Å². The minimum Gasteiger partial charge on any atom is -0.462 e. The van der Waals surface area contributed by atoms with Crippen molar-refractivity contribution in [1.29, 1.82) is 0 Å². The van der Waals surface area contributed by atoms with Crippen LogP contribution >= 0.6 is 15.6 Å². The van der Waals surface area contributed by atoms with Crippen LogP contribution in [0.1, 0.15) is 323 Å². The second-order valence-corrected chi connectivity index (χ2v) is 27.8. The number of aliphatic hydroxyl groups excluding tert-OH is 1. The third kappa shape index (κ3) is 67.1. The van der Waals surface area contributed by atoms with Gasteiger partial charge >= 0.3 is 39.5 Å². The van der Waals surface area contributed by atoms with E-state index in [1.54, 1.807) is 0 Å². The van der Waals surface area contributed by atoms with Crippen LogP contribution in [-0.2, 0) is 65.4 Å². The highest BCUT2D eigenvalue weighted by atomic mass is 31.2. The molecule has 0 saturated carbocycles. The molecule has 0 amide bonds. The highest BCUT2D eigenvalue weighted by molar-refractivity contribution is 7.47. The molecule has 0 saturated heterocycles. The van der Waals surface area contributed by atoms with Crippen LogP contribution in [0.25, 0.3) is 0 Å². The van der Waals surface area contributed by atoms with E-state index in [9.17, 15) is 43.2 Å². The first kappa shape index (κ1) is 90.5. The number of phosphoric ester groups is 2. The Morgan fingerprint density at radius 1 is 0.309 bits per heavy atom. The Kier molecular flexibility index (Phi) is 65.5. The van der Waals surface area contributed by atoms with Crippen LogP contribution in [0.15, 0.2) is 72.9 Å². The topological polar surface area (TPSA) is 237 Å². The van der Waals surface area contributed by atoms with E-state index in [-0.39, 0.29) is 25.7 Å². The van der Waals surface area contributed by atoms with Gasteiger partial charge in [-0.1, -0.05) is 280 Å². The van der Waals surface area contributed by atoms with Crippen molar-refractivity contribution in [3.05, 3.63) is 72.9 Å². The SMILES string of the molecule is CC/C=C\C/C=C\C/C=C\C/C=C\CCCCCCC(=O)OCC(COP(=O)(O)OCC(O)COP(=O)(O)OCC(COC(=O)CCCCCCCCCCCCCCC)OC(=O)CCCCCCCCCCCCC)OC(=O)CCCCCCC/C=C\C/C=C\CCC. The molecule has 0 heterocycles. The zero-order valence-corrected chi connectivity index (χ0v) is 61.2. The summed E-state index contributed by atoms with van der Waals surface area (Å²) in [5, 5.41) is 10.6. The number of aliphatic hydroxyl groups is 1. The minimum atomic E-state index is -4.97. The molecule has 5 atom stereocenters. The van der Waals surface area contributed by atoms with Gasteiger partial charge in [0, 0.05) is 25.7 Å². The van der Waals surface area contributed by atoms with Crippen LogP contribution in [0.5, 0.6) is 0 Å². The Bertz CT molecular complexity index is 2070. The summed E-state index contributed by atoms with van der Waals surface area (Å²) >= 11 is 0. The maximum atomic E-state index is 13.0. The molecule has 3 N–H and O–H groups in total. The molecule has 94 heavy (non-hydrogen) atoms. The van der Waals surface area contributed by atoms with Gasteiger partial charge in [-0.3, -0.25) is 37.3 Å². The lowest BCUT2D eigenvalue weighted by Gasteiger charge is -2.21. The monoisotopic (exact) mass is 1370 g/mol. The van der Waals surface area contributed by atoms with Crippen LogP contribution in [0.4, 0.5) is 0 Å². The lowest BCUT2D eigenvalue weighted by Crippen LogP contribution is -2.30. The molecule has 5 unspecified atom stereocenters. The number of esters is 4. The van der Waals surface area contributed by atoms with Crippen LogP contribution in [0.3, 0.4) is 0 Å². The first-order valence-corrected chi connectivity index (χ1v) is 40.2. The number of phosphoric acid groups is 2. The van der Waals surface area contributed by atoms with Gasteiger partial charge in [0.2, 0.25) is 0 Å². The zero-order chi connectivity index (χ0) is 69.0. The van der Waals surface area contributed by atoms with Gasteiger partial charge in [0.25, 0.3) is 0 Å². The van der Waals surface area contributed by atoms with Gasteiger partial charge in [0.15, 0.2) is 12.2 Å². The Morgan fingerprint density at radius 3 is 0.894 bits per heavy atom. The Morgan fingerprint density at radius 2 is 0.574 bits per heavy atom. The fourth-order valence-electron chi connectivity index (χ4n) is 10.0. The van der Waals surface area contributed by atoms with Crippen molar-refractivity contribution in [3.8, 4) is 0 Å². The molecule has 0 aliphatic heterocycles. The van der Waals surface area contributed by atoms with Gasteiger partial charge in [-0.05, 0) is 89.9 Å². The number of rotatable bonds is 70. The summed E-state index contributed by atoms with van der Waals surface area (Å²) in [6, 6.07) is 0. The van der Waals surface area contributed by atoms with Crippen molar-refractivity contribution in [2.45, 2.75) is 341 Å². The smallest absolute Gasteiger partial charge is 0.462 e. The standard InChI is InChI=1S/C75H134O17P2/c1-5-9-13-17-21-25-29-32-33-34-35-38-41-44-48-52-56-60-73(78)86-66-71(92-75(80)62-58-54-50-46-42-37-31-27-23-19-15-11-7-3)68-90-94(83,84)88-64-69(76)63-87-93(81,82)89-67-70(91-74(79)61-57-53-49-45-39-28-24-20-16-12-8-4)65-85-72(77)59-55-51-47-43-40-36-30-26-22-18-14-10-6-2/h9,13,15,19,21,25,27,31-33,35,38,69-71,76H,5-8,10-12,14,16-18,20,22-24,26,28-30,34,36-37,39-68H2,1-4H3,(H,81,82)(H,83,84)/b13-9-,19-15-,25-21-,31-27-,33-32-,38-35-. The molecule has 0 bridgehead atoms. The van der Waals surface area contributed by atoms with E-state index in [1.807, 2.05) is 0 Å². The third-order valence-electron chi connectivity index (χ3n) is 15.7. The van der Waals surface area contributed by atoms with Crippen LogP contribution in [-0.4, -0.2) is 96.7 Å². The minimum absolute atomic E-state index is 0.0750. The number of hydrogen-bond acceptors (Lipinski definition) is 15. The first-order valence-electron chi connectivity index (χ1n) is 37.2. The zero-order valence-electron chi connectivity index (χ0n) is 59.4. The summed E-state index contributed by atoms with van der Waals surface area (Å²) in [7, 11) is -9.94. The van der Waals surface area contributed by atoms with E-state index >= 15 is 0 Å². The predicted molar refractivity (Wildman–Crippen MR) is 381 cm³/mol. The molecule has 0 fully saturated rings. The van der Waals surface area contributed by atoms with Gasteiger partial charge in [-0.2, -0.15) is 0 Å². The molecular formula is C75H134O17P2. The molecule has 0 spiro atoms. The quantitative estimate of drug-likeness (QED) is 0.0169. The van der Waals surface area contributed by atoms with Crippen LogP contribution in [0, 0.1) is 0 Å². The Hall–Kier alpha value is -3.50. The molecule has 0 aliphatic rings. The summed E-state index contributed by atoms with van der Waals surface area (Å²) in [6.07, 6.45) is 66.1. The lowest BCUT2D eigenvalue weighted by molar-refractivity contribution is -0.161. The maximum Gasteiger partial charge on any atom is 0.472 e. The number of allylic oxidation sites excluding steroid dienone is 12. The summed E-state index contributed by atoms with van der Waals surface area (Å²) < 4.78 is 68.3. The molecule has 546 valence electrons. The van der Waals surface area contributed by atoms with E-state index in [4.69, 9.17) is 37.0 Å². The van der Waals surface area contributed by atoms with E-state index in [2.05, 4.69) is 101 Å². The van der Waals surface area contributed by atoms with Crippen molar-refractivity contribution < 1.29 is 80.2 Å². The molecule has 0 aromatic rings. The highest BCUT2D eigenvalue weighted by Crippen LogP contribution is 2.45. The van der Waals surface area contributed by atoms with Crippen molar-refractivity contribution in [3.63, 3.8) is 0 Å². The van der Waals surface area contributed by atoms with E-state index in [0.29, 0.717) is 25.7 Å². The summed E-state index contributed by atoms with van der Waals surface area (Å²) in [5.41, 5.74) is 0. The predicted octanol–water partition coefficient (Wildman–Crippen LogP) is 20.9. The molecule has 0 aromatic carbocycles. The number of hydrogen-bond donors (Lipinski definition) is 3. The van der Waals surface area contributed by atoms with Crippen molar-refractivity contribution in [1.82, 2.24) is 0 Å². The number of carbonyl (C=O) groups excluding carboxylic acids is 4. The first-order chi connectivity index (χ1) is 45.7. The normalized spacial score (nSPS) is 14.4. The lowest BCUT2D eigenvalue weighted by atomic mass is 10.0. The van der Waals surface area contributed by atoms with Gasteiger partial charge in [0.1, 0.15) is 19.3 Å². The number of carbonyl (C=O) groups is 4. The Labute approximate surface area is 571 Å². The highest BCUT2D eigenvalue weighted by Gasteiger charge is 2.30. The Balaban J connectivity index is 5.32. The fraction of sp³-hybridized carbons (Fsp3) is 0.787. The summed E-state index contributed by atoms with van der Waals surface area (Å²) in [4.78, 5) is 72.7. The fourth-order valence-corrected chi connectivity index (χ4v) is 11.6. The number of unbranched alkanes of at least 4 members (excludes halogenated alkanes) is 32. The van der Waals surface area contributed by atoms with Crippen molar-refractivity contribution in [2.24, 2.45) is 0 Å². The second kappa shape index (κ2) is 68.0. The average Bonchev–Trinajstić information content (AvgIpc) is 2.15. The van der Waals surface area contributed by atoms with Gasteiger partial charge in [-0.25, -0.2) is 9.13 Å². The maximum absolute atomic E-state index is 13.0. The molecular weight excluding hydrogens is 1230 g/mol. The van der Waals surface area contributed by atoms with Crippen molar-refractivity contribution in [2.75, 3.05) is 39.6 Å². The van der Waals surface area contributed by atoms with E-state index < -0.39 is 97.5 Å². The largest absolute Gasteiger partial charge is 0.472 e.